The fourth-order valence-electron chi connectivity index (χ4n) is 2.31. The quantitative estimate of drug-likeness (QED) is 0.346. The van der Waals surface area contributed by atoms with Gasteiger partial charge < -0.3 is 19.7 Å². The largest absolute Gasteiger partial charge is 0.493 e. The zero-order valence-electron chi connectivity index (χ0n) is 15.0. The third kappa shape index (κ3) is 5.80. The molecule has 0 aliphatic heterocycles. The summed E-state index contributed by atoms with van der Waals surface area (Å²) in [5, 5.41) is 0. The average molecular weight is 342 g/mol. The van der Waals surface area contributed by atoms with Crippen molar-refractivity contribution in [3.8, 4) is 5.75 Å². The molecule has 0 fully saturated rings. The Bertz CT molecular complexity index is 659. The van der Waals surface area contributed by atoms with Crippen molar-refractivity contribution >= 4 is 5.71 Å². The number of nitrogens with zero attached hydrogens (tertiary/aromatic N) is 2. The molecule has 5 heteroatoms. The summed E-state index contributed by atoms with van der Waals surface area (Å²) in [4.78, 5) is 3.38. The van der Waals surface area contributed by atoms with Crippen LogP contribution in [-0.2, 0) is 9.47 Å². The molecule has 0 N–H and O–H groups in total. The Hall–Kier alpha value is -2.52. The summed E-state index contributed by atoms with van der Waals surface area (Å²) in [5.74, 6) is 2.52. The molecule has 2 rings (SSSR count). The van der Waals surface area contributed by atoms with Crippen molar-refractivity contribution in [3.05, 3.63) is 59.2 Å². The van der Waals surface area contributed by atoms with E-state index in [4.69, 9.17) is 14.2 Å². The molecular weight excluding hydrogens is 316 g/mol. The Morgan fingerprint density at radius 3 is 2.32 bits per heavy atom. The second-order valence-corrected chi connectivity index (χ2v) is 5.84. The zero-order chi connectivity index (χ0) is 17.9. The van der Waals surface area contributed by atoms with E-state index in [-0.39, 0.29) is 0 Å². The first-order valence-corrected chi connectivity index (χ1v) is 8.93. The van der Waals surface area contributed by atoms with E-state index in [0.717, 1.165) is 31.4 Å². The molecule has 0 spiro atoms. The van der Waals surface area contributed by atoms with E-state index in [1.165, 1.54) is 0 Å². The average Bonchev–Trinajstić information content (AvgIpc) is 2.64. The van der Waals surface area contributed by atoms with Gasteiger partial charge in [-0.2, -0.15) is 4.79 Å². The minimum absolute atomic E-state index is 0.348. The summed E-state index contributed by atoms with van der Waals surface area (Å²) >= 11 is 0. The van der Waals surface area contributed by atoms with Gasteiger partial charge >= 0.3 is 5.71 Å². The van der Waals surface area contributed by atoms with Crippen LogP contribution in [0.1, 0.15) is 46.0 Å². The van der Waals surface area contributed by atoms with Gasteiger partial charge in [0.15, 0.2) is 11.5 Å². The van der Waals surface area contributed by atoms with E-state index in [9.17, 15) is 5.53 Å². The van der Waals surface area contributed by atoms with Crippen molar-refractivity contribution in [2.75, 3.05) is 13.2 Å². The summed E-state index contributed by atoms with van der Waals surface area (Å²) in [6.45, 7) is 5.39. The first-order valence-electron chi connectivity index (χ1n) is 8.93. The Kier molecular flexibility index (Phi) is 7.80. The second-order valence-electron chi connectivity index (χ2n) is 5.84. The maximum atomic E-state index is 9.33. The van der Waals surface area contributed by atoms with Crippen LogP contribution in [0.3, 0.4) is 0 Å². The van der Waals surface area contributed by atoms with Gasteiger partial charge in [0.2, 0.25) is 5.76 Å². The lowest BCUT2D eigenvalue weighted by Gasteiger charge is -2.19. The molecule has 0 atom stereocenters. The molecule has 1 aliphatic rings. The van der Waals surface area contributed by atoms with Crippen LogP contribution >= 0.6 is 0 Å². The summed E-state index contributed by atoms with van der Waals surface area (Å²) in [5.41, 5.74) is 9.79. The van der Waals surface area contributed by atoms with Crippen LogP contribution < -0.4 is 4.74 Å². The molecule has 0 radical (unpaired) electrons. The lowest BCUT2D eigenvalue weighted by molar-refractivity contribution is -0.0142. The molecule has 0 amide bonds. The van der Waals surface area contributed by atoms with Gasteiger partial charge in [-0.3, -0.25) is 0 Å². The molecule has 25 heavy (non-hydrogen) atoms. The summed E-state index contributed by atoms with van der Waals surface area (Å²) in [7, 11) is 0. The molecule has 5 nitrogen and oxygen atoms in total. The van der Waals surface area contributed by atoms with Crippen molar-refractivity contribution < 1.29 is 19.0 Å². The van der Waals surface area contributed by atoms with Gasteiger partial charge in [-0.25, -0.2) is 0 Å². The predicted octanol–water partition coefficient (Wildman–Crippen LogP) is 4.87. The lowest BCUT2D eigenvalue weighted by atomic mass is 10.1. The standard InChI is InChI=1S/C20H26N2O3/c1-3-5-12-23-18-15-20(25-16-10-8-7-9-11-16)19(14-17(18)22-21)24-13-6-4-2/h7-11,15H,3-6,12-14H2,1-2H3. The van der Waals surface area contributed by atoms with Crippen molar-refractivity contribution in [1.82, 2.24) is 0 Å². The van der Waals surface area contributed by atoms with Crippen LogP contribution in [0, 0.1) is 0 Å². The van der Waals surface area contributed by atoms with Crippen molar-refractivity contribution in [2.24, 2.45) is 0 Å². The lowest BCUT2D eigenvalue weighted by Crippen LogP contribution is -2.19. The van der Waals surface area contributed by atoms with Gasteiger partial charge in [0.1, 0.15) is 12.2 Å². The smallest absolute Gasteiger partial charge is 0.341 e. The molecule has 0 aromatic heterocycles. The molecule has 0 saturated heterocycles. The van der Waals surface area contributed by atoms with E-state index in [0.29, 0.717) is 42.6 Å². The van der Waals surface area contributed by atoms with E-state index < -0.39 is 0 Å². The Morgan fingerprint density at radius 1 is 1.00 bits per heavy atom. The second kappa shape index (κ2) is 10.4. The molecule has 0 heterocycles. The molecule has 1 aromatic carbocycles. The Balaban J connectivity index is 2.24. The van der Waals surface area contributed by atoms with Gasteiger partial charge in [-0.1, -0.05) is 44.9 Å². The maximum Gasteiger partial charge on any atom is 0.341 e. The van der Waals surface area contributed by atoms with Gasteiger partial charge in [-0.05, 0) is 25.0 Å². The van der Waals surface area contributed by atoms with Crippen LogP contribution in [0.2, 0.25) is 0 Å². The minimum Gasteiger partial charge on any atom is -0.493 e. The Morgan fingerprint density at radius 2 is 1.68 bits per heavy atom. The topological polar surface area (TPSA) is 64.1 Å². The molecule has 1 aliphatic carbocycles. The highest BCUT2D eigenvalue weighted by Crippen LogP contribution is 2.26. The van der Waals surface area contributed by atoms with Crippen molar-refractivity contribution in [3.63, 3.8) is 0 Å². The fraction of sp³-hybridized carbons (Fsp3) is 0.450. The number of para-hydroxylation sites is 1. The monoisotopic (exact) mass is 342 g/mol. The highest BCUT2D eigenvalue weighted by molar-refractivity contribution is 5.97. The molecule has 0 bridgehead atoms. The highest BCUT2D eigenvalue weighted by Gasteiger charge is 2.29. The Labute approximate surface area is 149 Å². The number of benzene rings is 1. The highest BCUT2D eigenvalue weighted by atomic mass is 16.5. The molecule has 0 unspecified atom stereocenters. The van der Waals surface area contributed by atoms with Gasteiger partial charge in [0, 0.05) is 6.08 Å². The summed E-state index contributed by atoms with van der Waals surface area (Å²) < 4.78 is 17.6. The van der Waals surface area contributed by atoms with E-state index in [1.807, 2.05) is 30.3 Å². The fourth-order valence-corrected chi connectivity index (χ4v) is 2.31. The minimum atomic E-state index is 0.348. The molecule has 1 aromatic rings. The number of ether oxygens (including phenoxy) is 3. The van der Waals surface area contributed by atoms with Crippen LogP contribution in [-0.4, -0.2) is 23.7 Å². The predicted molar refractivity (Wildman–Crippen MR) is 97.1 cm³/mol. The van der Waals surface area contributed by atoms with E-state index >= 15 is 0 Å². The van der Waals surface area contributed by atoms with Gasteiger partial charge in [-0.15, -0.1) is 0 Å². The van der Waals surface area contributed by atoms with Crippen LogP contribution in [0.15, 0.2) is 53.7 Å². The van der Waals surface area contributed by atoms with Gasteiger partial charge in [0.25, 0.3) is 0 Å². The van der Waals surface area contributed by atoms with Crippen LogP contribution in [0.4, 0.5) is 0 Å². The van der Waals surface area contributed by atoms with E-state index in [1.54, 1.807) is 6.08 Å². The number of unbranched alkanes of at least 4 members (excludes halogenated alkanes) is 2. The van der Waals surface area contributed by atoms with Gasteiger partial charge in [0.05, 0.1) is 13.2 Å². The third-order valence-electron chi connectivity index (χ3n) is 3.77. The molecule has 0 saturated carbocycles. The van der Waals surface area contributed by atoms with E-state index in [2.05, 4.69) is 18.6 Å². The van der Waals surface area contributed by atoms with Crippen molar-refractivity contribution in [1.29, 1.82) is 0 Å². The zero-order valence-corrected chi connectivity index (χ0v) is 15.0. The molecule has 134 valence electrons. The summed E-state index contributed by atoms with van der Waals surface area (Å²) in [6, 6.07) is 9.54. The SMILES string of the molecule is CCCCOC1=CC(Oc2ccccc2)=C(OCCCC)CC1=[N+]=[N-]. The number of hydrogen-bond donors (Lipinski definition) is 0. The first kappa shape index (κ1) is 18.8. The number of hydrogen-bond acceptors (Lipinski definition) is 3. The summed E-state index contributed by atoms with van der Waals surface area (Å²) in [6.07, 6.45) is 6.08. The molecular formula is C20H26N2O3. The van der Waals surface area contributed by atoms with Crippen molar-refractivity contribution in [2.45, 2.75) is 46.0 Å². The maximum absolute atomic E-state index is 9.33. The van der Waals surface area contributed by atoms with Crippen LogP contribution in [0.25, 0.3) is 5.53 Å². The normalized spacial score (nSPS) is 14.0. The van der Waals surface area contributed by atoms with Crippen LogP contribution in [0.5, 0.6) is 5.75 Å². The third-order valence-corrected chi connectivity index (χ3v) is 3.77. The first-order chi connectivity index (χ1) is 12.3. The number of rotatable bonds is 10. The number of allylic oxidation sites excluding steroid dienone is 3.